The molecule has 0 spiro atoms. The number of rotatable bonds is 8. The number of amides is 1. The molecule has 5 nitrogen and oxygen atoms in total. The first-order valence-electron chi connectivity index (χ1n) is 9.54. The van der Waals surface area contributed by atoms with Crippen molar-refractivity contribution >= 4 is 68.6 Å². The Hall–Kier alpha value is -2.58. The topological polar surface area (TPSA) is 63.6 Å². The number of thioether (sulfide) groups is 1. The molecule has 0 fully saturated rings. The molecular formula is C23H17Cl2N3O2S2. The Morgan fingerprint density at radius 2 is 1.88 bits per heavy atom. The van der Waals surface area contributed by atoms with Crippen LogP contribution in [0.1, 0.15) is 11.1 Å². The summed E-state index contributed by atoms with van der Waals surface area (Å²) >= 11 is 15.3. The van der Waals surface area contributed by atoms with Crippen molar-refractivity contribution in [1.29, 1.82) is 0 Å². The Morgan fingerprint density at radius 3 is 2.69 bits per heavy atom. The second kappa shape index (κ2) is 10.8. The highest BCUT2D eigenvalue weighted by atomic mass is 35.5. The normalized spacial score (nSPS) is 11.2. The third-order valence-corrected chi connectivity index (χ3v) is 7.19. The summed E-state index contributed by atoms with van der Waals surface area (Å²) in [6, 6.07) is 20.6. The van der Waals surface area contributed by atoms with Crippen LogP contribution in [0.4, 0.5) is 0 Å². The second-order valence-electron chi connectivity index (χ2n) is 6.59. The van der Waals surface area contributed by atoms with Crippen LogP contribution >= 0.6 is 46.3 Å². The second-order valence-corrected chi connectivity index (χ2v) is 9.66. The van der Waals surface area contributed by atoms with Crippen molar-refractivity contribution in [2.75, 3.05) is 5.75 Å². The molecule has 1 heterocycles. The first-order valence-corrected chi connectivity index (χ1v) is 12.1. The van der Waals surface area contributed by atoms with Crippen LogP contribution in [0.25, 0.3) is 10.2 Å². The lowest BCUT2D eigenvalue weighted by atomic mass is 10.2. The standard InChI is InChI=1S/C23H17Cl2N3O2S2/c24-18-7-4-8-19(25)17(18)13-30-16-6-3-5-15(11-16)12-26-28-22(29)14-31-23-27-20-9-1-2-10-21(20)32-23/h1-12H,13-14H2,(H,28,29)/b26-12+. The quantitative estimate of drug-likeness (QED) is 0.172. The highest BCUT2D eigenvalue weighted by molar-refractivity contribution is 8.01. The van der Waals surface area contributed by atoms with E-state index < -0.39 is 0 Å². The molecule has 1 aromatic heterocycles. The Morgan fingerprint density at radius 1 is 1.09 bits per heavy atom. The number of benzene rings is 3. The van der Waals surface area contributed by atoms with Gasteiger partial charge in [0.2, 0.25) is 0 Å². The molecule has 0 unspecified atom stereocenters. The van der Waals surface area contributed by atoms with Crippen molar-refractivity contribution in [3.05, 3.63) is 87.9 Å². The van der Waals surface area contributed by atoms with Crippen LogP contribution in [0.2, 0.25) is 10.0 Å². The lowest BCUT2D eigenvalue weighted by Gasteiger charge is -2.09. The van der Waals surface area contributed by atoms with Crippen molar-refractivity contribution < 1.29 is 9.53 Å². The number of fused-ring (bicyclic) bond motifs is 1. The molecule has 0 saturated heterocycles. The largest absolute Gasteiger partial charge is 0.489 e. The smallest absolute Gasteiger partial charge is 0.250 e. The zero-order chi connectivity index (χ0) is 22.3. The number of aromatic nitrogens is 1. The average Bonchev–Trinajstić information content (AvgIpc) is 3.21. The number of carbonyl (C=O) groups excluding carboxylic acids is 1. The van der Waals surface area contributed by atoms with Crippen LogP contribution in [0.15, 0.2) is 76.2 Å². The summed E-state index contributed by atoms with van der Waals surface area (Å²) < 4.78 is 7.77. The minimum absolute atomic E-state index is 0.203. The predicted molar refractivity (Wildman–Crippen MR) is 133 cm³/mol. The van der Waals surface area contributed by atoms with Crippen molar-refractivity contribution in [2.45, 2.75) is 10.9 Å². The maximum atomic E-state index is 12.1. The summed E-state index contributed by atoms with van der Waals surface area (Å²) in [7, 11) is 0. The van der Waals surface area contributed by atoms with Gasteiger partial charge in [0, 0.05) is 15.6 Å². The van der Waals surface area contributed by atoms with E-state index in [1.165, 1.54) is 11.8 Å². The van der Waals surface area contributed by atoms with Gasteiger partial charge in [-0.3, -0.25) is 4.79 Å². The van der Waals surface area contributed by atoms with Gasteiger partial charge < -0.3 is 4.74 Å². The summed E-state index contributed by atoms with van der Waals surface area (Å²) in [6.45, 7) is 0.249. The van der Waals surface area contributed by atoms with Gasteiger partial charge in [0.25, 0.3) is 5.91 Å². The molecule has 0 radical (unpaired) electrons. The lowest BCUT2D eigenvalue weighted by molar-refractivity contribution is -0.118. The number of ether oxygens (including phenoxy) is 1. The van der Waals surface area contributed by atoms with E-state index in [-0.39, 0.29) is 18.3 Å². The maximum absolute atomic E-state index is 12.1. The summed E-state index contributed by atoms with van der Waals surface area (Å²) in [5, 5.41) is 5.15. The van der Waals surface area contributed by atoms with Gasteiger partial charge >= 0.3 is 0 Å². The van der Waals surface area contributed by atoms with E-state index in [9.17, 15) is 4.79 Å². The van der Waals surface area contributed by atoms with Crippen molar-refractivity contribution in [2.24, 2.45) is 5.10 Å². The van der Waals surface area contributed by atoms with Crippen LogP contribution in [0.3, 0.4) is 0 Å². The monoisotopic (exact) mass is 501 g/mol. The molecule has 3 aromatic carbocycles. The molecule has 0 aliphatic carbocycles. The van der Waals surface area contributed by atoms with Gasteiger partial charge in [0.1, 0.15) is 12.4 Å². The number of carbonyl (C=O) groups is 1. The summed E-state index contributed by atoms with van der Waals surface area (Å²) in [4.78, 5) is 16.6. The van der Waals surface area contributed by atoms with Crippen molar-refractivity contribution in [3.63, 3.8) is 0 Å². The van der Waals surface area contributed by atoms with E-state index in [2.05, 4.69) is 15.5 Å². The number of hydrogen-bond donors (Lipinski definition) is 1. The molecule has 162 valence electrons. The molecule has 0 aliphatic heterocycles. The van der Waals surface area contributed by atoms with E-state index in [4.69, 9.17) is 27.9 Å². The number of halogens is 2. The maximum Gasteiger partial charge on any atom is 0.250 e. The lowest BCUT2D eigenvalue weighted by Crippen LogP contribution is -2.19. The number of nitrogens with one attached hydrogen (secondary N) is 1. The number of para-hydroxylation sites is 1. The minimum atomic E-state index is -0.203. The fourth-order valence-electron chi connectivity index (χ4n) is 2.76. The first kappa shape index (κ1) is 22.6. The van der Waals surface area contributed by atoms with Gasteiger partial charge in [-0.2, -0.15) is 5.10 Å². The van der Waals surface area contributed by atoms with E-state index in [0.717, 1.165) is 25.7 Å². The van der Waals surface area contributed by atoms with Gasteiger partial charge in [-0.05, 0) is 42.0 Å². The molecule has 4 aromatic rings. The molecule has 0 atom stereocenters. The van der Waals surface area contributed by atoms with E-state index >= 15 is 0 Å². The van der Waals surface area contributed by atoms with E-state index in [1.54, 1.807) is 35.8 Å². The molecule has 4 rings (SSSR count). The van der Waals surface area contributed by atoms with Crippen LogP contribution in [0, 0.1) is 0 Å². The predicted octanol–water partition coefficient (Wildman–Crippen LogP) is 6.42. The molecule has 0 saturated carbocycles. The Labute approximate surface area is 203 Å². The molecule has 9 heteroatoms. The van der Waals surface area contributed by atoms with E-state index in [1.807, 2.05) is 48.5 Å². The number of nitrogens with zero attached hydrogens (tertiary/aromatic N) is 2. The zero-order valence-corrected chi connectivity index (χ0v) is 19.8. The summed E-state index contributed by atoms with van der Waals surface area (Å²) in [5.41, 5.74) is 4.99. The number of thiazole rings is 1. The molecule has 32 heavy (non-hydrogen) atoms. The Bertz CT molecular complexity index is 1220. The van der Waals surface area contributed by atoms with Crippen molar-refractivity contribution in [1.82, 2.24) is 10.4 Å². The van der Waals surface area contributed by atoms with Gasteiger partial charge in [0.05, 0.1) is 22.2 Å². The highest BCUT2D eigenvalue weighted by Gasteiger charge is 2.08. The minimum Gasteiger partial charge on any atom is -0.489 e. The molecule has 0 bridgehead atoms. The molecule has 0 aliphatic rings. The molecular weight excluding hydrogens is 485 g/mol. The van der Waals surface area contributed by atoms with Crippen LogP contribution in [-0.4, -0.2) is 22.9 Å². The number of hydrazone groups is 1. The van der Waals surface area contributed by atoms with Crippen LogP contribution in [0.5, 0.6) is 5.75 Å². The first-order chi connectivity index (χ1) is 15.6. The van der Waals surface area contributed by atoms with Gasteiger partial charge in [-0.25, -0.2) is 10.4 Å². The Kier molecular flexibility index (Phi) is 7.65. The zero-order valence-electron chi connectivity index (χ0n) is 16.6. The Balaban J connectivity index is 1.28. The fourth-order valence-corrected chi connectivity index (χ4v) is 5.13. The van der Waals surface area contributed by atoms with Gasteiger partial charge in [-0.15, -0.1) is 11.3 Å². The van der Waals surface area contributed by atoms with Gasteiger partial charge in [0.15, 0.2) is 4.34 Å². The van der Waals surface area contributed by atoms with E-state index in [0.29, 0.717) is 15.8 Å². The number of hydrogen-bond acceptors (Lipinski definition) is 6. The molecule has 1 amide bonds. The molecule has 1 N–H and O–H groups in total. The highest BCUT2D eigenvalue weighted by Crippen LogP contribution is 2.29. The van der Waals surface area contributed by atoms with Crippen LogP contribution in [-0.2, 0) is 11.4 Å². The van der Waals surface area contributed by atoms with Crippen LogP contribution < -0.4 is 10.2 Å². The third-order valence-electron chi connectivity index (χ3n) is 4.31. The summed E-state index contributed by atoms with van der Waals surface area (Å²) in [6.07, 6.45) is 1.57. The van der Waals surface area contributed by atoms with Crippen molar-refractivity contribution in [3.8, 4) is 5.75 Å². The SMILES string of the molecule is O=C(CSc1nc2ccccc2s1)N/N=C/c1cccc(OCc2c(Cl)cccc2Cl)c1. The summed E-state index contributed by atoms with van der Waals surface area (Å²) in [5.74, 6) is 0.674. The third kappa shape index (κ3) is 6.01. The van der Waals surface area contributed by atoms with Gasteiger partial charge in [-0.1, -0.05) is 65.3 Å². The fraction of sp³-hybridized carbons (Fsp3) is 0.0870. The average molecular weight is 502 g/mol.